The lowest BCUT2D eigenvalue weighted by molar-refractivity contribution is -0.139. The highest BCUT2D eigenvalue weighted by molar-refractivity contribution is 5.84. The van der Waals surface area contributed by atoms with E-state index in [1.165, 1.54) is 0 Å². The molecule has 0 saturated carbocycles. The molecule has 3 rings (SSSR count). The molecule has 0 aromatic heterocycles. The van der Waals surface area contributed by atoms with Gasteiger partial charge in [-0.1, -0.05) is 26.8 Å². The topological polar surface area (TPSA) is 55.6 Å². The number of primary amides is 1. The summed E-state index contributed by atoms with van der Waals surface area (Å²) in [6.45, 7) is 11.3. The van der Waals surface area contributed by atoms with Crippen LogP contribution in [0.5, 0.6) is 5.75 Å². The third kappa shape index (κ3) is 6.24. The van der Waals surface area contributed by atoms with Crippen LogP contribution in [0.1, 0.15) is 67.3 Å². The molecule has 2 aromatic rings. The van der Waals surface area contributed by atoms with Gasteiger partial charge in [-0.2, -0.15) is 13.2 Å². The zero-order valence-electron chi connectivity index (χ0n) is 20.7. The van der Waals surface area contributed by atoms with Crippen molar-refractivity contribution in [3.8, 4) is 5.75 Å². The Labute approximate surface area is 200 Å². The number of amides is 1. The maximum Gasteiger partial charge on any atom is 0.392 e. The minimum absolute atomic E-state index is 0.287. The van der Waals surface area contributed by atoms with Crippen LogP contribution in [0.25, 0.3) is 0 Å². The first kappa shape index (κ1) is 25.9. The number of hydrogen-bond acceptors (Lipinski definition) is 3. The van der Waals surface area contributed by atoms with Crippen LogP contribution in [0.3, 0.4) is 0 Å². The average Bonchev–Trinajstić information content (AvgIpc) is 2.90. The van der Waals surface area contributed by atoms with Crippen molar-refractivity contribution in [2.24, 2.45) is 11.1 Å². The number of hydrogen-bond donors (Lipinski definition) is 1. The number of anilines is 1. The van der Waals surface area contributed by atoms with Crippen molar-refractivity contribution >= 4 is 11.6 Å². The van der Waals surface area contributed by atoms with Gasteiger partial charge >= 0.3 is 6.18 Å². The second-order valence-electron chi connectivity index (χ2n) is 10.4. The molecule has 2 N–H and O–H groups in total. The highest BCUT2D eigenvalue weighted by Gasteiger charge is 2.34. The number of aryl methyl sites for hydroxylation is 3. The number of benzene rings is 2. The first-order valence-electron chi connectivity index (χ1n) is 11.7. The molecule has 1 amide bonds. The van der Waals surface area contributed by atoms with Gasteiger partial charge in [-0.15, -0.1) is 0 Å². The van der Waals surface area contributed by atoms with E-state index in [1.807, 2.05) is 46.8 Å². The summed E-state index contributed by atoms with van der Waals surface area (Å²) in [5.74, 6) is -0.210. The van der Waals surface area contributed by atoms with Crippen LogP contribution >= 0.6 is 0 Å². The number of fused-ring (bicyclic) bond motifs is 1. The first-order valence-corrected chi connectivity index (χ1v) is 11.7. The van der Waals surface area contributed by atoms with Crippen LogP contribution in [0.15, 0.2) is 30.3 Å². The quantitative estimate of drug-likeness (QED) is 0.540. The van der Waals surface area contributed by atoms with Crippen molar-refractivity contribution in [1.82, 2.24) is 0 Å². The maximum atomic E-state index is 12.4. The minimum Gasteiger partial charge on any atom is -0.493 e. The van der Waals surface area contributed by atoms with Crippen LogP contribution in [-0.2, 0) is 17.8 Å². The molecule has 0 fully saturated rings. The lowest BCUT2D eigenvalue weighted by Gasteiger charge is -2.32. The number of ether oxygens (including phenoxy) is 1. The summed E-state index contributed by atoms with van der Waals surface area (Å²) in [6.07, 6.45) is -3.42. The highest BCUT2D eigenvalue weighted by Crippen LogP contribution is 2.40. The van der Waals surface area contributed by atoms with Crippen LogP contribution in [0.2, 0.25) is 0 Å². The van der Waals surface area contributed by atoms with Gasteiger partial charge in [-0.3, -0.25) is 4.79 Å². The molecule has 1 unspecified atom stereocenters. The van der Waals surface area contributed by atoms with E-state index in [1.54, 1.807) is 6.07 Å². The van der Waals surface area contributed by atoms with Gasteiger partial charge in [0.25, 0.3) is 0 Å². The molecule has 1 atom stereocenters. The van der Waals surface area contributed by atoms with E-state index in [0.717, 1.165) is 52.9 Å². The van der Waals surface area contributed by atoms with E-state index in [2.05, 4.69) is 17.0 Å². The zero-order chi connectivity index (χ0) is 25.3. The summed E-state index contributed by atoms with van der Waals surface area (Å²) in [5, 5.41) is 0. The lowest BCUT2D eigenvalue weighted by Crippen LogP contribution is -2.33. The average molecular weight is 477 g/mol. The van der Waals surface area contributed by atoms with Crippen LogP contribution in [-0.4, -0.2) is 25.2 Å². The van der Waals surface area contributed by atoms with Gasteiger partial charge < -0.3 is 15.4 Å². The van der Waals surface area contributed by atoms with Crippen molar-refractivity contribution in [2.45, 2.75) is 72.5 Å². The minimum atomic E-state index is -4.22. The van der Waals surface area contributed by atoms with Crippen LogP contribution in [0.4, 0.5) is 18.9 Å². The number of halogens is 3. The van der Waals surface area contributed by atoms with Gasteiger partial charge in [-0.05, 0) is 84.2 Å². The van der Waals surface area contributed by atoms with E-state index in [-0.39, 0.29) is 23.8 Å². The highest BCUT2D eigenvalue weighted by atomic mass is 19.4. The smallest absolute Gasteiger partial charge is 0.392 e. The fourth-order valence-electron chi connectivity index (χ4n) is 4.92. The SMILES string of the molecule is Cc1cc(N2CCCc3cc(OCCC(F)(F)F)ccc3C2)cc(C)c1C(C(N)=O)C(C)(C)C. The summed E-state index contributed by atoms with van der Waals surface area (Å²) >= 11 is 0. The van der Waals surface area contributed by atoms with Crippen molar-refractivity contribution < 1.29 is 22.7 Å². The predicted molar refractivity (Wildman–Crippen MR) is 129 cm³/mol. The molecule has 186 valence electrons. The van der Waals surface area contributed by atoms with E-state index >= 15 is 0 Å². The molecule has 1 aliphatic rings. The monoisotopic (exact) mass is 476 g/mol. The van der Waals surface area contributed by atoms with Crippen LogP contribution < -0.4 is 15.4 Å². The number of carbonyl (C=O) groups excluding carboxylic acids is 1. The van der Waals surface area contributed by atoms with Gasteiger partial charge in [0.2, 0.25) is 5.91 Å². The Morgan fingerprint density at radius 3 is 2.29 bits per heavy atom. The van der Waals surface area contributed by atoms with E-state index in [4.69, 9.17) is 10.5 Å². The van der Waals surface area contributed by atoms with Crippen molar-refractivity contribution in [3.05, 3.63) is 58.1 Å². The number of alkyl halides is 3. The fourth-order valence-corrected chi connectivity index (χ4v) is 4.92. The Bertz CT molecular complexity index is 1020. The van der Waals surface area contributed by atoms with E-state index in [9.17, 15) is 18.0 Å². The Morgan fingerprint density at radius 2 is 1.74 bits per heavy atom. The molecule has 7 heteroatoms. The van der Waals surface area contributed by atoms with E-state index in [0.29, 0.717) is 12.3 Å². The molecule has 0 bridgehead atoms. The molecular weight excluding hydrogens is 441 g/mol. The molecule has 0 spiro atoms. The molecule has 2 aromatic carbocycles. The Morgan fingerprint density at radius 1 is 1.09 bits per heavy atom. The molecule has 1 heterocycles. The third-order valence-electron chi connectivity index (χ3n) is 6.45. The largest absolute Gasteiger partial charge is 0.493 e. The molecule has 0 radical (unpaired) electrons. The number of nitrogens with zero attached hydrogens (tertiary/aromatic N) is 1. The van der Waals surface area contributed by atoms with Crippen molar-refractivity contribution in [2.75, 3.05) is 18.1 Å². The summed E-state index contributed by atoms with van der Waals surface area (Å²) in [5.41, 5.74) is 11.9. The van der Waals surface area contributed by atoms with E-state index < -0.39 is 12.6 Å². The Hall–Kier alpha value is -2.70. The van der Waals surface area contributed by atoms with Gasteiger partial charge in [0, 0.05) is 18.8 Å². The first-order chi connectivity index (χ1) is 15.8. The lowest BCUT2D eigenvalue weighted by atomic mass is 9.73. The number of carbonyl (C=O) groups is 1. The predicted octanol–water partition coefficient (Wildman–Crippen LogP) is 6.20. The van der Waals surface area contributed by atoms with Gasteiger partial charge in [0.1, 0.15) is 5.75 Å². The molecular formula is C27H35F3N2O2. The maximum absolute atomic E-state index is 12.4. The molecule has 34 heavy (non-hydrogen) atoms. The third-order valence-corrected chi connectivity index (χ3v) is 6.45. The fraction of sp³-hybridized carbons (Fsp3) is 0.519. The summed E-state index contributed by atoms with van der Waals surface area (Å²) < 4.78 is 42.6. The molecule has 1 aliphatic heterocycles. The molecule has 0 saturated heterocycles. The summed E-state index contributed by atoms with van der Waals surface area (Å²) in [6, 6.07) is 9.83. The summed E-state index contributed by atoms with van der Waals surface area (Å²) in [4.78, 5) is 14.6. The van der Waals surface area contributed by atoms with Gasteiger partial charge in [0.05, 0.1) is 18.9 Å². The normalized spacial score (nSPS) is 15.5. The number of rotatable bonds is 6. The van der Waals surface area contributed by atoms with Crippen LogP contribution in [0, 0.1) is 19.3 Å². The second-order valence-corrected chi connectivity index (χ2v) is 10.4. The Balaban J connectivity index is 1.82. The molecule has 0 aliphatic carbocycles. The second kappa shape index (κ2) is 9.88. The molecule has 4 nitrogen and oxygen atoms in total. The van der Waals surface area contributed by atoms with Crippen molar-refractivity contribution in [1.29, 1.82) is 0 Å². The van der Waals surface area contributed by atoms with Crippen molar-refractivity contribution in [3.63, 3.8) is 0 Å². The Kier molecular flexibility index (Phi) is 7.53. The number of nitrogens with two attached hydrogens (primary N) is 1. The summed E-state index contributed by atoms with van der Waals surface area (Å²) in [7, 11) is 0. The van der Waals surface area contributed by atoms with Gasteiger partial charge in [0.15, 0.2) is 0 Å². The van der Waals surface area contributed by atoms with Gasteiger partial charge in [-0.25, -0.2) is 0 Å². The standard InChI is InChI=1S/C27H35F3N2O2/c1-17-13-21(14-18(2)23(17)24(25(31)33)26(3,4)5)32-11-6-7-19-15-22(9-8-20(19)16-32)34-12-10-27(28,29)30/h8-9,13-15,24H,6-7,10-12,16H2,1-5H3,(H2,31,33). The zero-order valence-corrected chi connectivity index (χ0v) is 20.7.